The summed E-state index contributed by atoms with van der Waals surface area (Å²) in [7, 11) is -3.84. The molecule has 0 heterocycles. The van der Waals surface area contributed by atoms with Crippen molar-refractivity contribution < 1.29 is 8.42 Å². The van der Waals surface area contributed by atoms with Gasteiger partial charge < -0.3 is 0 Å². The van der Waals surface area contributed by atoms with Gasteiger partial charge >= 0.3 is 0 Å². The Bertz CT molecular complexity index is 845. The second-order valence-electron chi connectivity index (χ2n) is 4.62. The number of halogens is 2. The van der Waals surface area contributed by atoms with E-state index in [0.717, 1.165) is 0 Å². The molecule has 0 saturated heterocycles. The lowest BCUT2D eigenvalue weighted by Gasteiger charge is -2.16. The Morgan fingerprint density at radius 3 is 2.50 bits per heavy atom. The van der Waals surface area contributed by atoms with Crippen molar-refractivity contribution >= 4 is 33.2 Å². The molecule has 22 heavy (non-hydrogen) atoms. The third-order valence-electron chi connectivity index (χ3n) is 3.06. The fraction of sp³-hybridized carbons (Fsp3) is 0.133. The van der Waals surface area contributed by atoms with Gasteiger partial charge in [-0.3, -0.25) is 0 Å². The molecule has 114 valence electrons. The van der Waals surface area contributed by atoms with Crippen LogP contribution in [-0.2, 0) is 10.0 Å². The van der Waals surface area contributed by atoms with E-state index in [1.807, 2.05) is 6.07 Å². The zero-order valence-corrected chi connectivity index (χ0v) is 13.9. The summed E-state index contributed by atoms with van der Waals surface area (Å²) in [5.74, 6) is 0. The van der Waals surface area contributed by atoms with Crippen LogP contribution in [0.15, 0.2) is 47.4 Å². The SMILES string of the molecule is C[C@@H](NS(=O)(=O)c1ccccc1C#N)c1ccc(Cl)cc1Cl. The largest absolute Gasteiger partial charge is 0.242 e. The van der Waals surface area contributed by atoms with Crippen LogP contribution >= 0.6 is 23.2 Å². The molecule has 1 N–H and O–H groups in total. The lowest BCUT2D eigenvalue weighted by atomic mass is 10.1. The van der Waals surface area contributed by atoms with E-state index < -0.39 is 16.1 Å². The number of sulfonamides is 1. The molecule has 0 aliphatic heterocycles. The Kier molecular flexibility index (Phi) is 5.09. The third kappa shape index (κ3) is 3.60. The molecule has 0 bridgehead atoms. The summed E-state index contributed by atoms with van der Waals surface area (Å²) in [4.78, 5) is -0.0607. The topological polar surface area (TPSA) is 70.0 Å². The number of nitriles is 1. The normalized spacial score (nSPS) is 12.6. The number of nitrogens with zero attached hydrogens (tertiary/aromatic N) is 1. The zero-order chi connectivity index (χ0) is 16.3. The van der Waals surface area contributed by atoms with E-state index in [-0.39, 0.29) is 10.5 Å². The molecule has 4 nitrogen and oxygen atoms in total. The van der Waals surface area contributed by atoms with Gasteiger partial charge in [0.2, 0.25) is 10.0 Å². The van der Waals surface area contributed by atoms with Crippen molar-refractivity contribution in [3.8, 4) is 6.07 Å². The first-order valence-electron chi connectivity index (χ1n) is 6.31. The van der Waals surface area contributed by atoms with Gasteiger partial charge in [0.05, 0.1) is 10.5 Å². The van der Waals surface area contributed by atoms with Crippen molar-refractivity contribution in [1.29, 1.82) is 5.26 Å². The van der Waals surface area contributed by atoms with Gasteiger partial charge in [0.25, 0.3) is 0 Å². The predicted molar refractivity (Wildman–Crippen MR) is 86.4 cm³/mol. The van der Waals surface area contributed by atoms with Crippen molar-refractivity contribution in [1.82, 2.24) is 4.72 Å². The Morgan fingerprint density at radius 2 is 1.86 bits per heavy atom. The molecule has 0 amide bonds. The molecule has 0 radical (unpaired) electrons. The molecular weight excluding hydrogens is 343 g/mol. The standard InChI is InChI=1S/C15H12Cl2N2O2S/c1-10(13-7-6-12(16)8-14(13)17)19-22(20,21)15-5-3-2-4-11(15)9-18/h2-8,10,19H,1H3/t10-/m1/s1. The van der Waals surface area contributed by atoms with E-state index in [9.17, 15) is 8.42 Å². The van der Waals surface area contributed by atoms with Gasteiger partial charge in [0.15, 0.2) is 0 Å². The zero-order valence-electron chi connectivity index (χ0n) is 11.5. The Balaban J connectivity index is 2.34. The van der Waals surface area contributed by atoms with Crippen LogP contribution in [-0.4, -0.2) is 8.42 Å². The van der Waals surface area contributed by atoms with Crippen LogP contribution < -0.4 is 4.72 Å². The van der Waals surface area contributed by atoms with Crippen molar-refractivity contribution in [2.24, 2.45) is 0 Å². The summed E-state index contributed by atoms with van der Waals surface area (Å²) in [5, 5.41) is 9.87. The molecule has 0 aliphatic carbocycles. The van der Waals surface area contributed by atoms with Gasteiger partial charge in [0, 0.05) is 16.1 Å². The van der Waals surface area contributed by atoms with Crippen LogP contribution in [0.25, 0.3) is 0 Å². The number of benzene rings is 2. The van der Waals surface area contributed by atoms with E-state index in [1.54, 1.807) is 37.3 Å². The molecule has 0 spiro atoms. The van der Waals surface area contributed by atoms with Gasteiger partial charge in [-0.2, -0.15) is 5.26 Å². The Hall–Kier alpha value is -1.58. The highest BCUT2D eigenvalue weighted by Gasteiger charge is 2.22. The van der Waals surface area contributed by atoms with Gasteiger partial charge in [-0.25, -0.2) is 13.1 Å². The second-order valence-corrected chi connectivity index (χ2v) is 7.14. The summed E-state index contributed by atoms with van der Waals surface area (Å²) >= 11 is 11.9. The first kappa shape index (κ1) is 16.8. The van der Waals surface area contributed by atoms with Crippen LogP contribution in [0, 0.1) is 11.3 Å². The average Bonchev–Trinajstić information content (AvgIpc) is 2.46. The van der Waals surface area contributed by atoms with E-state index in [0.29, 0.717) is 15.6 Å². The summed E-state index contributed by atoms with van der Waals surface area (Å²) in [5.41, 5.74) is 0.688. The highest BCUT2D eigenvalue weighted by atomic mass is 35.5. The fourth-order valence-electron chi connectivity index (χ4n) is 2.01. The van der Waals surface area contributed by atoms with E-state index in [2.05, 4.69) is 4.72 Å². The average molecular weight is 355 g/mol. The summed E-state index contributed by atoms with van der Waals surface area (Å²) < 4.78 is 27.4. The molecule has 2 aromatic carbocycles. The number of hydrogen-bond acceptors (Lipinski definition) is 3. The maximum Gasteiger partial charge on any atom is 0.242 e. The van der Waals surface area contributed by atoms with Crippen LogP contribution in [0.2, 0.25) is 10.0 Å². The van der Waals surface area contributed by atoms with Crippen molar-refractivity contribution in [3.63, 3.8) is 0 Å². The van der Waals surface area contributed by atoms with E-state index in [1.165, 1.54) is 12.1 Å². The highest BCUT2D eigenvalue weighted by Crippen LogP contribution is 2.27. The number of hydrogen-bond donors (Lipinski definition) is 1. The Labute approximate surface area is 139 Å². The maximum absolute atomic E-state index is 12.4. The van der Waals surface area contributed by atoms with Crippen molar-refractivity contribution in [3.05, 3.63) is 63.6 Å². The maximum atomic E-state index is 12.4. The minimum absolute atomic E-state index is 0.0607. The van der Waals surface area contributed by atoms with E-state index in [4.69, 9.17) is 28.5 Å². The molecule has 2 aromatic rings. The summed E-state index contributed by atoms with van der Waals surface area (Å²) in [6.07, 6.45) is 0. The minimum atomic E-state index is -3.84. The molecule has 0 fully saturated rings. The van der Waals surface area contributed by atoms with Gasteiger partial charge in [-0.05, 0) is 36.8 Å². The first-order chi connectivity index (χ1) is 10.3. The third-order valence-corrected chi connectivity index (χ3v) is 5.22. The predicted octanol–water partition coefficient (Wildman–Crippen LogP) is 3.90. The van der Waals surface area contributed by atoms with Crippen LogP contribution in [0.5, 0.6) is 0 Å². The molecule has 0 aliphatic rings. The molecule has 2 rings (SSSR count). The molecule has 1 atom stereocenters. The lowest BCUT2D eigenvalue weighted by Crippen LogP contribution is -2.27. The lowest BCUT2D eigenvalue weighted by molar-refractivity contribution is 0.566. The van der Waals surface area contributed by atoms with Crippen LogP contribution in [0.4, 0.5) is 0 Å². The minimum Gasteiger partial charge on any atom is -0.207 e. The second kappa shape index (κ2) is 6.67. The molecule has 0 aromatic heterocycles. The molecule has 0 unspecified atom stereocenters. The monoisotopic (exact) mass is 354 g/mol. The van der Waals surface area contributed by atoms with Crippen molar-refractivity contribution in [2.75, 3.05) is 0 Å². The molecule has 0 saturated carbocycles. The fourth-order valence-corrected chi connectivity index (χ4v) is 3.96. The molecule has 7 heteroatoms. The van der Waals surface area contributed by atoms with Crippen LogP contribution in [0.1, 0.15) is 24.1 Å². The number of rotatable bonds is 4. The molecular formula is C15H12Cl2N2O2S. The summed E-state index contributed by atoms with van der Waals surface area (Å²) in [6.45, 7) is 1.67. The Morgan fingerprint density at radius 1 is 1.18 bits per heavy atom. The van der Waals surface area contributed by atoms with Crippen LogP contribution in [0.3, 0.4) is 0 Å². The highest BCUT2D eigenvalue weighted by molar-refractivity contribution is 7.89. The van der Waals surface area contributed by atoms with Gasteiger partial charge in [-0.15, -0.1) is 0 Å². The smallest absolute Gasteiger partial charge is 0.207 e. The van der Waals surface area contributed by atoms with Gasteiger partial charge in [-0.1, -0.05) is 41.4 Å². The first-order valence-corrected chi connectivity index (χ1v) is 8.55. The quantitative estimate of drug-likeness (QED) is 0.904. The van der Waals surface area contributed by atoms with Gasteiger partial charge in [0.1, 0.15) is 6.07 Å². The summed E-state index contributed by atoms with van der Waals surface area (Å²) in [6, 6.07) is 12.2. The van der Waals surface area contributed by atoms with Crippen molar-refractivity contribution in [2.45, 2.75) is 17.9 Å². The number of nitrogens with one attached hydrogen (secondary N) is 1. The van der Waals surface area contributed by atoms with E-state index >= 15 is 0 Å².